The van der Waals surface area contributed by atoms with E-state index in [1.807, 2.05) is 0 Å². The van der Waals surface area contributed by atoms with Crippen molar-refractivity contribution < 1.29 is 42.7 Å². The van der Waals surface area contributed by atoms with E-state index in [0.717, 1.165) is 0 Å². The first-order chi connectivity index (χ1) is 4.23. The van der Waals surface area contributed by atoms with Gasteiger partial charge in [0.2, 0.25) is 0 Å². The maximum Gasteiger partial charge on any atom is 1.00 e. The van der Waals surface area contributed by atoms with Crippen LogP contribution in [-0.2, 0) is 0 Å². The van der Waals surface area contributed by atoms with E-state index in [9.17, 15) is 13.2 Å². The number of nitrogens with one attached hydrogen (secondary N) is 1. The van der Waals surface area contributed by atoms with Gasteiger partial charge in [-0.3, -0.25) is 0 Å². The summed E-state index contributed by atoms with van der Waals surface area (Å²) in [4.78, 5) is 0. The van der Waals surface area contributed by atoms with Crippen molar-refractivity contribution in [1.82, 2.24) is 20.6 Å². The SMILES string of the molecule is F[C-](F)F.[Na+].c1nn[nH]n1. The van der Waals surface area contributed by atoms with Crippen LogP contribution in [0.1, 0.15) is 0 Å². The molecule has 8 heteroatoms. The summed E-state index contributed by atoms with van der Waals surface area (Å²) in [6, 6.07) is 0. The van der Waals surface area contributed by atoms with Gasteiger partial charge in [0.05, 0.1) is 0 Å². The average molecular weight is 162 g/mol. The summed E-state index contributed by atoms with van der Waals surface area (Å²) in [7, 11) is 0. The van der Waals surface area contributed by atoms with Crippen molar-refractivity contribution in [2.75, 3.05) is 0 Å². The third kappa shape index (κ3) is 15.7. The maximum atomic E-state index is 9.58. The molecule has 4 nitrogen and oxygen atoms in total. The first kappa shape index (κ1) is 12.5. The van der Waals surface area contributed by atoms with Crippen LogP contribution in [0.5, 0.6) is 0 Å². The molecule has 0 aliphatic carbocycles. The fourth-order valence-electron chi connectivity index (χ4n) is 0.129. The van der Waals surface area contributed by atoms with Crippen molar-refractivity contribution in [3.63, 3.8) is 0 Å². The van der Waals surface area contributed by atoms with Gasteiger partial charge in [-0.2, -0.15) is 5.21 Å². The van der Waals surface area contributed by atoms with Crippen LogP contribution < -0.4 is 29.6 Å². The molecule has 0 aliphatic rings. The van der Waals surface area contributed by atoms with Gasteiger partial charge in [0.1, 0.15) is 0 Å². The van der Waals surface area contributed by atoms with Crippen LogP contribution in [0.25, 0.3) is 0 Å². The molecule has 52 valence electrons. The number of H-pyrrole nitrogens is 1. The summed E-state index contributed by atoms with van der Waals surface area (Å²) in [5, 5.41) is 12.2. The van der Waals surface area contributed by atoms with E-state index in [0.29, 0.717) is 0 Å². The van der Waals surface area contributed by atoms with Crippen molar-refractivity contribution in [1.29, 1.82) is 0 Å². The molecule has 0 amide bonds. The van der Waals surface area contributed by atoms with Crippen LogP contribution in [0.4, 0.5) is 13.2 Å². The van der Waals surface area contributed by atoms with Crippen LogP contribution >= 0.6 is 0 Å². The summed E-state index contributed by atoms with van der Waals surface area (Å²) in [6.45, 7) is -3.08. The molecule has 0 aliphatic heterocycles. The van der Waals surface area contributed by atoms with E-state index in [4.69, 9.17) is 0 Å². The summed E-state index contributed by atoms with van der Waals surface area (Å²) in [6.07, 6.45) is 1.33. The minimum Gasteiger partial charge on any atom is -0.385 e. The number of hydrogen-bond acceptors (Lipinski definition) is 3. The van der Waals surface area contributed by atoms with E-state index < -0.39 is 6.68 Å². The number of nitrogens with zero attached hydrogens (tertiary/aromatic N) is 3. The van der Waals surface area contributed by atoms with E-state index in [1.54, 1.807) is 0 Å². The van der Waals surface area contributed by atoms with Crippen LogP contribution in [-0.4, -0.2) is 20.6 Å². The molecule has 10 heavy (non-hydrogen) atoms. The number of tetrazole rings is 1. The van der Waals surface area contributed by atoms with Gasteiger partial charge in [0.15, 0.2) is 13.0 Å². The fraction of sp³-hybridized carbons (Fsp3) is 0. The predicted molar refractivity (Wildman–Crippen MR) is 20.7 cm³/mol. The molecule has 0 bridgehead atoms. The molecule has 0 atom stereocenters. The molecule has 1 aromatic rings. The molecule has 1 rings (SSSR count). The third-order valence-electron chi connectivity index (χ3n) is 0.270. The number of rotatable bonds is 0. The van der Waals surface area contributed by atoms with Gasteiger partial charge in [0.25, 0.3) is 0 Å². The minimum atomic E-state index is -3.08. The van der Waals surface area contributed by atoms with E-state index in [2.05, 4.69) is 20.6 Å². The van der Waals surface area contributed by atoms with Crippen molar-refractivity contribution in [2.24, 2.45) is 0 Å². The zero-order valence-corrected chi connectivity index (χ0v) is 7.05. The minimum absolute atomic E-state index is 0. The smallest absolute Gasteiger partial charge is 0.385 e. The Bertz CT molecular complexity index is 102. The molecule has 0 unspecified atom stereocenters. The van der Waals surface area contributed by atoms with E-state index in [1.165, 1.54) is 6.33 Å². The van der Waals surface area contributed by atoms with Crippen molar-refractivity contribution >= 4 is 0 Å². The van der Waals surface area contributed by atoms with E-state index >= 15 is 0 Å². The molecule has 1 aromatic heterocycles. The first-order valence-corrected chi connectivity index (χ1v) is 1.73. The van der Waals surface area contributed by atoms with Gasteiger partial charge in [0, 0.05) is 0 Å². The summed E-state index contributed by atoms with van der Waals surface area (Å²) in [5.74, 6) is 0. The molecule has 0 fully saturated rings. The number of aromatic nitrogens is 4. The molecule has 0 saturated carbocycles. The van der Waals surface area contributed by atoms with Crippen LogP contribution in [0.15, 0.2) is 6.33 Å². The van der Waals surface area contributed by atoms with Gasteiger partial charge in [-0.25, -0.2) is 0 Å². The molecule has 0 spiro atoms. The Hall–Kier alpha value is -0.140. The largest absolute Gasteiger partial charge is 1.00 e. The maximum absolute atomic E-state index is 9.58. The van der Waals surface area contributed by atoms with Crippen LogP contribution in [0.3, 0.4) is 0 Å². The molecule has 1 heterocycles. The summed E-state index contributed by atoms with van der Waals surface area (Å²) < 4.78 is 28.8. The second-order valence-electron chi connectivity index (χ2n) is 0.774. The monoisotopic (exact) mass is 162 g/mol. The van der Waals surface area contributed by atoms with Gasteiger partial charge >= 0.3 is 29.6 Å². The number of hydrogen-bond donors (Lipinski definition) is 1. The Kier molecular flexibility index (Phi) is 11.1. The Balaban J connectivity index is 0. The predicted octanol–water partition coefficient (Wildman–Crippen LogP) is -2.45. The molecule has 0 radical (unpaired) electrons. The van der Waals surface area contributed by atoms with Crippen molar-refractivity contribution in [2.45, 2.75) is 0 Å². The molecule has 1 N–H and O–H groups in total. The van der Waals surface area contributed by atoms with E-state index in [-0.39, 0.29) is 29.6 Å². The standard InChI is InChI=1S/CF3.CH2N4.Na/c2-1(3)4;1-2-4-5-3-1;/h;1H,(H,2,3,4,5);/q-1;;+1. The first-order valence-electron chi connectivity index (χ1n) is 1.73. The van der Waals surface area contributed by atoms with Gasteiger partial charge < -0.3 is 13.2 Å². The normalized spacial score (nSPS) is 7.60. The topological polar surface area (TPSA) is 54.5 Å². The summed E-state index contributed by atoms with van der Waals surface area (Å²) >= 11 is 0. The number of halogens is 3. The van der Waals surface area contributed by atoms with Crippen LogP contribution in [0, 0.1) is 6.68 Å². The Morgan fingerprint density at radius 1 is 1.30 bits per heavy atom. The average Bonchev–Trinajstić information content (AvgIpc) is 2.11. The zero-order valence-electron chi connectivity index (χ0n) is 5.05. The molecule has 0 aromatic carbocycles. The number of aromatic amines is 1. The van der Waals surface area contributed by atoms with Crippen LogP contribution in [0.2, 0.25) is 0 Å². The fourth-order valence-corrected chi connectivity index (χ4v) is 0.129. The molecular weight excluding hydrogens is 160 g/mol. The third-order valence-corrected chi connectivity index (χ3v) is 0.270. The van der Waals surface area contributed by atoms with Gasteiger partial charge in [-0.15, -0.1) is 10.2 Å². The Morgan fingerprint density at radius 2 is 1.80 bits per heavy atom. The Morgan fingerprint density at radius 3 is 1.90 bits per heavy atom. The second-order valence-corrected chi connectivity index (χ2v) is 0.774. The summed E-state index contributed by atoms with van der Waals surface area (Å²) in [5.41, 5.74) is 0. The molecular formula is C2H2F3N4Na. The quantitative estimate of drug-likeness (QED) is 0.340. The van der Waals surface area contributed by atoms with Gasteiger partial charge in [-0.05, 0) is 0 Å². The van der Waals surface area contributed by atoms with Crippen molar-refractivity contribution in [3.8, 4) is 0 Å². The molecule has 0 saturated heterocycles. The zero-order chi connectivity index (χ0) is 7.11. The Labute approximate surface area is 76.5 Å². The second kappa shape index (κ2) is 8.86. The van der Waals surface area contributed by atoms with Crippen molar-refractivity contribution in [3.05, 3.63) is 13.0 Å². The van der Waals surface area contributed by atoms with Gasteiger partial charge in [-0.1, -0.05) is 5.21 Å².